The fourth-order valence-corrected chi connectivity index (χ4v) is 4.20. The van der Waals surface area contributed by atoms with Crippen LogP contribution in [0.15, 0.2) is 30.3 Å². The van der Waals surface area contributed by atoms with Crippen molar-refractivity contribution in [2.75, 3.05) is 46.0 Å². The molecule has 0 spiro atoms. The van der Waals surface area contributed by atoms with Crippen LogP contribution in [0.3, 0.4) is 0 Å². The third-order valence-electron chi connectivity index (χ3n) is 6.56. The van der Waals surface area contributed by atoms with Gasteiger partial charge < -0.3 is 14.8 Å². The van der Waals surface area contributed by atoms with Crippen LogP contribution in [0.2, 0.25) is 0 Å². The van der Waals surface area contributed by atoms with Gasteiger partial charge in [0, 0.05) is 44.4 Å². The van der Waals surface area contributed by atoms with Gasteiger partial charge in [-0.2, -0.15) is 0 Å². The van der Waals surface area contributed by atoms with Crippen molar-refractivity contribution in [2.45, 2.75) is 46.6 Å². The molecule has 0 bridgehead atoms. The number of nitrogens with zero attached hydrogens (tertiary/aromatic N) is 2. The Morgan fingerprint density at radius 1 is 1.23 bits per heavy atom. The van der Waals surface area contributed by atoms with Crippen LogP contribution in [0.25, 0.3) is 0 Å². The van der Waals surface area contributed by atoms with Gasteiger partial charge in [0.15, 0.2) is 0 Å². The molecule has 1 aromatic rings. The quantitative estimate of drug-likeness (QED) is 0.234. The molecule has 1 aliphatic heterocycles. The van der Waals surface area contributed by atoms with Crippen molar-refractivity contribution >= 4 is 18.1 Å². The average molecular weight is 492 g/mol. The van der Waals surface area contributed by atoms with Crippen molar-refractivity contribution < 1.29 is 29.1 Å². The zero-order chi connectivity index (χ0) is 25.8. The third kappa shape index (κ3) is 9.58. The Morgan fingerprint density at radius 3 is 2.49 bits per heavy atom. The van der Waals surface area contributed by atoms with Crippen molar-refractivity contribution in [1.82, 2.24) is 15.3 Å². The molecule has 0 aliphatic carbocycles. The van der Waals surface area contributed by atoms with Crippen LogP contribution in [0, 0.1) is 17.3 Å². The molecule has 35 heavy (non-hydrogen) atoms. The lowest BCUT2D eigenvalue weighted by molar-refractivity contribution is -0.166. The Morgan fingerprint density at radius 2 is 1.89 bits per heavy atom. The van der Waals surface area contributed by atoms with Crippen molar-refractivity contribution in [3.63, 3.8) is 0 Å². The van der Waals surface area contributed by atoms with Crippen LogP contribution >= 0.6 is 0 Å². The van der Waals surface area contributed by atoms with Crippen LogP contribution < -0.4 is 10.1 Å². The Bertz CT molecular complexity index is 792. The largest absolute Gasteiger partial charge is 0.494 e. The molecule has 0 unspecified atom stereocenters. The number of Topliss-reactive ketones (excluding diaryl/α,β-unsaturated/α-hetero) is 1. The van der Waals surface area contributed by atoms with Crippen molar-refractivity contribution in [3.05, 3.63) is 30.3 Å². The Balaban J connectivity index is 2.01. The number of nitrogens with one attached hydrogen (secondary N) is 1. The summed E-state index contributed by atoms with van der Waals surface area (Å²) in [7, 11) is 0. The lowest BCUT2D eigenvalue weighted by Crippen LogP contribution is -2.46. The van der Waals surface area contributed by atoms with E-state index >= 15 is 0 Å². The molecule has 0 aromatic heterocycles. The molecule has 196 valence electrons. The van der Waals surface area contributed by atoms with E-state index in [9.17, 15) is 19.6 Å². The maximum atomic E-state index is 13.4. The van der Waals surface area contributed by atoms with Crippen LogP contribution in [0.5, 0.6) is 5.75 Å². The van der Waals surface area contributed by atoms with Crippen LogP contribution in [0.1, 0.15) is 40.5 Å². The Hall–Kier alpha value is -2.49. The summed E-state index contributed by atoms with van der Waals surface area (Å²) in [4.78, 5) is 39.9. The van der Waals surface area contributed by atoms with Gasteiger partial charge in [-0.25, -0.2) is 5.06 Å². The highest BCUT2D eigenvalue weighted by atomic mass is 16.5. The van der Waals surface area contributed by atoms with E-state index in [-0.39, 0.29) is 24.7 Å². The van der Waals surface area contributed by atoms with Gasteiger partial charge in [0.25, 0.3) is 0 Å². The number of hydrogen-bond acceptors (Lipinski definition) is 7. The van der Waals surface area contributed by atoms with E-state index in [1.165, 1.54) is 0 Å². The van der Waals surface area contributed by atoms with Crippen molar-refractivity contribution in [2.24, 2.45) is 17.3 Å². The summed E-state index contributed by atoms with van der Waals surface area (Å²) in [6.07, 6.45) is 0.609. The summed E-state index contributed by atoms with van der Waals surface area (Å²) in [6, 6.07) is 8.49. The molecular formula is C26H41N3O6. The second kappa shape index (κ2) is 14.2. The standard InChI is InChI=1S/C26H41N3O6/c1-20(29(33)19-30)22(10-15-35-21-8-6-5-7-9-21)24(31)18-23(26(2,3)4)25(32)27-11-12-28-13-16-34-17-14-28/h5-9,19-20,22-23,33H,10-18H2,1-4H3,(H,27,32)/t20-,22+,23+/m0/s1. The van der Waals surface area contributed by atoms with Gasteiger partial charge in [-0.15, -0.1) is 0 Å². The lowest BCUT2D eigenvalue weighted by Gasteiger charge is -2.33. The van der Waals surface area contributed by atoms with Gasteiger partial charge in [0.05, 0.1) is 25.9 Å². The minimum atomic E-state index is -0.746. The smallest absolute Gasteiger partial charge is 0.233 e. The first kappa shape index (κ1) is 28.7. The number of hydrogen-bond donors (Lipinski definition) is 2. The first-order valence-corrected chi connectivity index (χ1v) is 12.3. The predicted octanol–water partition coefficient (Wildman–Crippen LogP) is 2.38. The molecule has 2 N–H and O–H groups in total. The van der Waals surface area contributed by atoms with Gasteiger partial charge in [0.1, 0.15) is 11.5 Å². The average Bonchev–Trinajstić information content (AvgIpc) is 2.84. The molecule has 2 amide bonds. The second-order valence-corrected chi connectivity index (χ2v) is 10.1. The highest BCUT2D eigenvalue weighted by molar-refractivity contribution is 5.89. The molecule has 1 fully saturated rings. The van der Waals surface area contributed by atoms with E-state index in [2.05, 4.69) is 10.2 Å². The lowest BCUT2D eigenvalue weighted by atomic mass is 9.75. The number of para-hydroxylation sites is 1. The molecule has 9 nitrogen and oxygen atoms in total. The van der Waals surface area contributed by atoms with Gasteiger partial charge >= 0.3 is 0 Å². The molecule has 0 saturated carbocycles. The number of ether oxygens (including phenoxy) is 2. The molecule has 0 radical (unpaired) electrons. The van der Waals surface area contributed by atoms with Gasteiger partial charge in [0.2, 0.25) is 12.3 Å². The summed E-state index contributed by atoms with van der Waals surface area (Å²) in [5, 5.41) is 13.5. The number of carbonyl (C=O) groups excluding carboxylic acids is 3. The van der Waals surface area contributed by atoms with Crippen molar-refractivity contribution in [3.8, 4) is 5.75 Å². The normalized spacial score (nSPS) is 17.2. The van der Waals surface area contributed by atoms with E-state index in [0.717, 1.165) is 19.6 Å². The number of amides is 2. The topological polar surface area (TPSA) is 108 Å². The summed E-state index contributed by atoms with van der Waals surface area (Å²) >= 11 is 0. The van der Waals surface area contributed by atoms with Crippen molar-refractivity contribution in [1.29, 1.82) is 0 Å². The van der Waals surface area contributed by atoms with Gasteiger partial charge in [-0.05, 0) is 30.9 Å². The maximum Gasteiger partial charge on any atom is 0.233 e. The maximum absolute atomic E-state index is 13.4. The Labute approximate surface area is 208 Å². The van der Waals surface area contributed by atoms with Crippen LogP contribution in [-0.2, 0) is 19.1 Å². The zero-order valence-electron chi connectivity index (χ0n) is 21.4. The van der Waals surface area contributed by atoms with E-state index < -0.39 is 23.3 Å². The second-order valence-electron chi connectivity index (χ2n) is 10.1. The number of carbonyl (C=O) groups is 3. The number of rotatable bonds is 14. The summed E-state index contributed by atoms with van der Waals surface area (Å²) in [5.74, 6) is -0.900. The molecule has 1 aromatic carbocycles. The van der Waals surface area contributed by atoms with Crippen LogP contribution in [0.4, 0.5) is 0 Å². The first-order chi connectivity index (χ1) is 16.6. The number of benzene rings is 1. The number of hydroxylamine groups is 2. The van der Waals surface area contributed by atoms with E-state index in [1.54, 1.807) is 6.92 Å². The SMILES string of the molecule is C[C@@H]([C@@H](CCOc1ccccc1)C(=O)C[C@H](C(=O)NCCN1CCOCC1)C(C)(C)C)N(O)C=O. The molecule has 1 aliphatic rings. The van der Waals surface area contributed by atoms with E-state index in [0.29, 0.717) is 43.4 Å². The monoisotopic (exact) mass is 491 g/mol. The highest BCUT2D eigenvalue weighted by Gasteiger charge is 2.37. The van der Waals surface area contributed by atoms with Gasteiger partial charge in [-0.3, -0.25) is 24.5 Å². The van der Waals surface area contributed by atoms with Gasteiger partial charge in [-0.1, -0.05) is 39.0 Å². The molecule has 1 heterocycles. The third-order valence-corrected chi connectivity index (χ3v) is 6.56. The number of ketones is 1. The zero-order valence-corrected chi connectivity index (χ0v) is 21.4. The minimum absolute atomic E-state index is 0.0138. The first-order valence-electron chi connectivity index (χ1n) is 12.3. The summed E-state index contributed by atoms with van der Waals surface area (Å²) in [6.45, 7) is 12.0. The fraction of sp³-hybridized carbons (Fsp3) is 0.654. The molecule has 2 rings (SSSR count). The summed E-state index contributed by atoms with van der Waals surface area (Å²) in [5.41, 5.74) is -0.448. The van der Waals surface area contributed by atoms with Crippen LogP contribution in [-0.4, -0.2) is 85.3 Å². The number of morpholine rings is 1. The van der Waals surface area contributed by atoms with E-state index in [1.807, 2.05) is 51.1 Å². The summed E-state index contributed by atoms with van der Waals surface area (Å²) < 4.78 is 11.1. The molecular weight excluding hydrogens is 450 g/mol. The molecule has 1 saturated heterocycles. The minimum Gasteiger partial charge on any atom is -0.494 e. The highest BCUT2D eigenvalue weighted by Crippen LogP contribution is 2.31. The van der Waals surface area contributed by atoms with E-state index in [4.69, 9.17) is 9.47 Å². The molecule has 3 atom stereocenters. The Kier molecular flexibility index (Phi) is 11.6. The predicted molar refractivity (Wildman–Crippen MR) is 132 cm³/mol. The fourth-order valence-electron chi connectivity index (χ4n) is 4.20. The molecule has 9 heteroatoms.